The first-order valence-corrected chi connectivity index (χ1v) is 22.0. The third-order valence-electron chi connectivity index (χ3n) is 12.3. The molecule has 5 aliphatic rings. The molecule has 5 atom stereocenters. The van der Waals surface area contributed by atoms with Crippen LogP contribution in [0.3, 0.4) is 0 Å². The molecule has 5 heterocycles. The fourth-order valence-corrected chi connectivity index (χ4v) is 10.3. The number of benzene rings is 3. The van der Waals surface area contributed by atoms with Gasteiger partial charge in [0.25, 0.3) is 11.8 Å². The van der Waals surface area contributed by atoms with E-state index in [0.29, 0.717) is 78.0 Å². The molecule has 8 rings (SSSR count). The molecule has 1 unspecified atom stereocenters. The van der Waals surface area contributed by atoms with Crippen molar-refractivity contribution < 1.29 is 48.1 Å². The third-order valence-corrected chi connectivity index (χ3v) is 12.9. The van der Waals surface area contributed by atoms with Crippen LogP contribution in [0.4, 0.5) is 11.4 Å². The number of hydrogen-bond donors (Lipinski definition) is 2. The van der Waals surface area contributed by atoms with Crippen molar-refractivity contribution in [1.29, 1.82) is 0 Å². The van der Waals surface area contributed by atoms with Crippen molar-refractivity contribution in [2.24, 2.45) is 0 Å². The number of rotatable bonds is 12. The van der Waals surface area contributed by atoms with E-state index in [1.807, 2.05) is 34.8 Å². The molecule has 3 aromatic carbocycles. The summed E-state index contributed by atoms with van der Waals surface area (Å²) >= 11 is 2.26. The minimum Gasteiger partial charge on any atom is -0.493 e. The van der Waals surface area contributed by atoms with Gasteiger partial charge < -0.3 is 57.9 Å². The summed E-state index contributed by atoms with van der Waals surface area (Å²) in [4.78, 5) is 35.4. The Hall–Kier alpha value is -4.42. The lowest BCUT2D eigenvalue weighted by atomic mass is 9.80. The lowest BCUT2D eigenvalue weighted by Gasteiger charge is -2.40. The Kier molecular flexibility index (Phi) is 12.6. The summed E-state index contributed by atoms with van der Waals surface area (Å²) in [5, 5.41) is 22.4. The Balaban J connectivity index is 1.05. The standard InChI is InChI=1S/C44H53B2IN4O10/c1-25-12-33-27(3)50(45(4)54)34-19-39(37(56-6)17-31(34)42(52)48(33)21-25)59-23-28-14-29(16-30(47)15-28)24-60-40-20-35-32(18-38(40)57-7)43(53)49-22-26(2)13-36(49)44(51(35)46(5)55)61-41-10-8-9-11-58-41/h14-20,27,33,36,41,44,54-55H,1-2,8-13,21-24H2,3-7H3/t27-,33-,36-,41?,44-/m0/s1. The van der Waals surface area contributed by atoms with Crippen LogP contribution in [0, 0.1) is 3.57 Å². The second-order valence-corrected chi connectivity index (χ2v) is 17.9. The van der Waals surface area contributed by atoms with Gasteiger partial charge in [-0.1, -0.05) is 24.3 Å². The van der Waals surface area contributed by atoms with Crippen LogP contribution in [0.1, 0.15) is 70.9 Å². The highest BCUT2D eigenvalue weighted by atomic mass is 127. The van der Waals surface area contributed by atoms with Gasteiger partial charge in [-0.3, -0.25) is 9.59 Å². The smallest absolute Gasteiger partial charge is 0.411 e. The van der Waals surface area contributed by atoms with Crippen LogP contribution >= 0.6 is 22.6 Å². The summed E-state index contributed by atoms with van der Waals surface area (Å²) in [6.07, 6.45) is 2.68. The molecule has 0 saturated carbocycles. The van der Waals surface area contributed by atoms with E-state index >= 15 is 0 Å². The zero-order valence-corrected chi connectivity index (χ0v) is 37.6. The van der Waals surface area contributed by atoms with Crippen molar-refractivity contribution in [2.45, 2.75) is 96.5 Å². The average molecular weight is 946 g/mol. The third kappa shape index (κ3) is 8.43. The molecule has 322 valence electrons. The SMILES string of the molecule is C=C1C[C@H]2[C@H](C)N(B(C)O)c3cc(OCc4cc(I)cc(COc5cc6c(cc5OC)C(=O)N5CC(=C)C[C@H]5[C@H](OC5CCCCO5)N6B(C)O)c4)c(OC)cc3C(=O)N2C1. The number of ether oxygens (including phenoxy) is 6. The summed E-state index contributed by atoms with van der Waals surface area (Å²) in [7, 11) is 1.18. The molecule has 2 N–H and O–H groups in total. The van der Waals surface area contributed by atoms with Gasteiger partial charge in [-0.25, -0.2) is 0 Å². The summed E-state index contributed by atoms with van der Waals surface area (Å²) in [5.41, 5.74) is 5.48. The Morgan fingerprint density at radius 2 is 1.28 bits per heavy atom. The first-order valence-electron chi connectivity index (χ1n) is 20.9. The molecular weight excluding hydrogens is 893 g/mol. The normalized spacial score (nSPS) is 23.5. The maximum Gasteiger partial charge on any atom is 0.411 e. The highest BCUT2D eigenvalue weighted by molar-refractivity contribution is 14.1. The molecule has 0 bridgehead atoms. The lowest BCUT2D eigenvalue weighted by molar-refractivity contribution is -0.194. The quantitative estimate of drug-likeness (QED) is 0.123. The summed E-state index contributed by atoms with van der Waals surface area (Å²) in [6, 6.07) is 12.2. The van der Waals surface area contributed by atoms with Crippen molar-refractivity contribution in [2.75, 3.05) is 43.5 Å². The number of nitrogens with zero attached hydrogens (tertiary/aromatic N) is 4. The largest absolute Gasteiger partial charge is 0.493 e. The Morgan fingerprint density at radius 3 is 1.79 bits per heavy atom. The molecule has 14 nitrogen and oxygen atoms in total. The lowest BCUT2D eigenvalue weighted by Crippen LogP contribution is -2.56. The zero-order chi connectivity index (χ0) is 43.3. The highest BCUT2D eigenvalue weighted by Crippen LogP contribution is 2.45. The van der Waals surface area contributed by atoms with E-state index in [2.05, 4.69) is 35.7 Å². The predicted octanol–water partition coefficient (Wildman–Crippen LogP) is 6.13. The van der Waals surface area contributed by atoms with E-state index in [0.717, 1.165) is 45.1 Å². The molecule has 17 heteroatoms. The molecule has 0 aromatic heterocycles. The minimum absolute atomic E-state index is 0.124. The van der Waals surface area contributed by atoms with Crippen molar-refractivity contribution >= 4 is 59.9 Å². The number of methoxy groups -OCH3 is 2. The number of anilines is 2. The average Bonchev–Trinajstić information content (AvgIpc) is 3.79. The Morgan fingerprint density at radius 1 is 0.754 bits per heavy atom. The van der Waals surface area contributed by atoms with Gasteiger partial charge in [-0.05, 0) is 117 Å². The maximum absolute atomic E-state index is 14.3. The second-order valence-electron chi connectivity index (χ2n) is 16.6. The molecule has 2 amide bonds. The topological polar surface area (TPSA) is 143 Å². The van der Waals surface area contributed by atoms with Crippen LogP contribution in [-0.2, 0) is 22.7 Å². The van der Waals surface area contributed by atoms with E-state index < -0.39 is 26.6 Å². The summed E-state index contributed by atoms with van der Waals surface area (Å²) in [5.74, 6) is 1.26. The first kappa shape index (κ1) is 43.2. The van der Waals surface area contributed by atoms with Gasteiger partial charge in [0.1, 0.15) is 19.4 Å². The molecule has 3 saturated heterocycles. The Bertz CT molecular complexity index is 2220. The van der Waals surface area contributed by atoms with Crippen molar-refractivity contribution in [3.63, 3.8) is 0 Å². The van der Waals surface area contributed by atoms with Crippen LogP contribution in [0.5, 0.6) is 23.0 Å². The van der Waals surface area contributed by atoms with E-state index in [4.69, 9.17) is 28.4 Å². The van der Waals surface area contributed by atoms with Gasteiger partial charge in [-0.2, -0.15) is 0 Å². The number of carbonyl (C=O) groups is 2. The number of fused-ring (bicyclic) bond motifs is 4. The van der Waals surface area contributed by atoms with Gasteiger partial charge in [-0.15, -0.1) is 0 Å². The van der Waals surface area contributed by atoms with Crippen molar-refractivity contribution in [3.8, 4) is 23.0 Å². The van der Waals surface area contributed by atoms with Crippen LogP contribution in [0.2, 0.25) is 13.6 Å². The van der Waals surface area contributed by atoms with Crippen LogP contribution < -0.4 is 28.6 Å². The molecule has 5 aliphatic heterocycles. The minimum atomic E-state index is -1.02. The number of hydrogen-bond acceptors (Lipinski definition) is 12. The van der Waals surface area contributed by atoms with Crippen molar-refractivity contribution in [1.82, 2.24) is 9.80 Å². The van der Waals surface area contributed by atoms with Crippen LogP contribution in [0.15, 0.2) is 66.8 Å². The fourth-order valence-electron chi connectivity index (χ4n) is 9.53. The molecule has 0 spiro atoms. The van der Waals surface area contributed by atoms with Crippen LogP contribution in [-0.4, -0.2) is 110 Å². The monoisotopic (exact) mass is 946 g/mol. The van der Waals surface area contributed by atoms with E-state index in [1.54, 1.807) is 47.6 Å². The molecule has 3 fully saturated rings. The van der Waals surface area contributed by atoms with E-state index in [1.165, 1.54) is 14.2 Å². The number of amides is 2. The van der Waals surface area contributed by atoms with E-state index in [-0.39, 0.29) is 43.2 Å². The second kappa shape index (κ2) is 17.8. The maximum atomic E-state index is 14.3. The van der Waals surface area contributed by atoms with Gasteiger partial charge >= 0.3 is 14.1 Å². The Labute approximate surface area is 371 Å². The van der Waals surface area contributed by atoms with Gasteiger partial charge in [0.05, 0.1) is 37.4 Å². The summed E-state index contributed by atoms with van der Waals surface area (Å²) in [6.45, 7) is 15.5. The van der Waals surface area contributed by atoms with Gasteiger partial charge in [0, 0.05) is 52.8 Å². The fraction of sp³-hybridized carbons (Fsp3) is 0.455. The molecular formula is C44H53B2IN4O10. The molecule has 0 aliphatic carbocycles. The predicted molar refractivity (Wildman–Crippen MR) is 242 cm³/mol. The first-order chi connectivity index (χ1) is 29.3. The van der Waals surface area contributed by atoms with Crippen molar-refractivity contribution in [3.05, 3.63) is 92.6 Å². The van der Waals surface area contributed by atoms with Crippen LogP contribution in [0.25, 0.3) is 0 Å². The molecule has 3 aromatic rings. The zero-order valence-electron chi connectivity index (χ0n) is 35.4. The summed E-state index contributed by atoms with van der Waals surface area (Å²) < 4.78 is 38.1. The highest BCUT2D eigenvalue weighted by Gasteiger charge is 2.48. The van der Waals surface area contributed by atoms with E-state index in [9.17, 15) is 19.6 Å². The number of halogens is 1. The number of carbonyl (C=O) groups excluding carboxylic acids is 2. The van der Waals surface area contributed by atoms with Gasteiger partial charge in [0.15, 0.2) is 29.3 Å². The van der Waals surface area contributed by atoms with Gasteiger partial charge in [0.2, 0.25) is 0 Å². The molecule has 61 heavy (non-hydrogen) atoms. The molecule has 0 radical (unpaired) electrons.